The Kier molecular flexibility index (Phi) is 6.07. The highest BCUT2D eigenvalue weighted by Crippen LogP contribution is 2.25. The number of hydrogen-bond acceptors (Lipinski definition) is 3. The molecule has 0 aliphatic rings. The van der Waals surface area contributed by atoms with Gasteiger partial charge in [-0.25, -0.2) is 4.79 Å². The second kappa shape index (κ2) is 8.04. The number of furan rings is 1. The fraction of sp³-hybridized carbons (Fsp3) is 0.450. The summed E-state index contributed by atoms with van der Waals surface area (Å²) in [5.74, 6) is 0. The average molecular weight is 329 g/mol. The van der Waals surface area contributed by atoms with Gasteiger partial charge in [-0.05, 0) is 39.2 Å². The molecule has 0 bridgehead atoms. The molecule has 0 saturated heterocycles. The van der Waals surface area contributed by atoms with Gasteiger partial charge in [-0.2, -0.15) is 0 Å². The molecule has 2 rings (SSSR count). The van der Waals surface area contributed by atoms with Gasteiger partial charge in [0.05, 0.1) is 12.0 Å². The quantitative estimate of drug-likeness (QED) is 0.709. The Labute approximate surface area is 144 Å². The first-order valence-corrected chi connectivity index (χ1v) is 8.49. The average Bonchev–Trinajstić information content (AvgIpc) is 3.01. The SMILES string of the molecule is CCCC(Cc1ccccc1)N(C(=O)OC(C)(C)C)c1ccoc1. The van der Waals surface area contributed by atoms with Gasteiger partial charge in [-0.3, -0.25) is 4.90 Å². The van der Waals surface area contributed by atoms with Crippen LogP contribution in [-0.2, 0) is 11.2 Å². The third-order valence-electron chi connectivity index (χ3n) is 3.68. The monoisotopic (exact) mass is 329 g/mol. The molecule has 2 aromatic rings. The molecule has 0 aliphatic heterocycles. The Morgan fingerprint density at radius 1 is 1.21 bits per heavy atom. The van der Waals surface area contributed by atoms with Crippen LogP contribution in [0.2, 0.25) is 0 Å². The Morgan fingerprint density at radius 3 is 2.46 bits per heavy atom. The summed E-state index contributed by atoms with van der Waals surface area (Å²) in [6.07, 6.45) is 5.49. The molecule has 1 unspecified atom stereocenters. The Bertz CT molecular complexity index is 614. The van der Waals surface area contributed by atoms with Crippen LogP contribution in [0, 0.1) is 0 Å². The molecular weight excluding hydrogens is 302 g/mol. The molecule has 4 heteroatoms. The van der Waals surface area contributed by atoms with E-state index in [2.05, 4.69) is 19.1 Å². The third kappa shape index (κ3) is 5.15. The van der Waals surface area contributed by atoms with Gasteiger partial charge in [0, 0.05) is 12.1 Å². The molecule has 0 aliphatic carbocycles. The van der Waals surface area contributed by atoms with Gasteiger partial charge in [-0.15, -0.1) is 0 Å². The maximum Gasteiger partial charge on any atom is 0.415 e. The van der Waals surface area contributed by atoms with Crippen molar-refractivity contribution in [2.75, 3.05) is 4.90 Å². The predicted molar refractivity (Wildman–Crippen MR) is 96.3 cm³/mol. The van der Waals surface area contributed by atoms with E-state index in [1.807, 2.05) is 39.0 Å². The summed E-state index contributed by atoms with van der Waals surface area (Å²) in [4.78, 5) is 14.6. The number of rotatable bonds is 6. The summed E-state index contributed by atoms with van der Waals surface area (Å²) in [6.45, 7) is 7.76. The van der Waals surface area contributed by atoms with Gasteiger partial charge in [0.1, 0.15) is 11.9 Å². The lowest BCUT2D eigenvalue weighted by molar-refractivity contribution is 0.0563. The zero-order valence-corrected chi connectivity index (χ0v) is 15.0. The largest absolute Gasteiger partial charge is 0.470 e. The topological polar surface area (TPSA) is 42.7 Å². The number of anilines is 1. The molecule has 0 saturated carbocycles. The summed E-state index contributed by atoms with van der Waals surface area (Å²) in [6, 6.07) is 12.0. The van der Waals surface area contributed by atoms with Crippen molar-refractivity contribution in [3.8, 4) is 0 Å². The lowest BCUT2D eigenvalue weighted by atomic mass is 10.0. The van der Waals surface area contributed by atoms with Gasteiger partial charge in [0.25, 0.3) is 0 Å². The lowest BCUT2D eigenvalue weighted by Gasteiger charge is -2.32. The fourth-order valence-corrected chi connectivity index (χ4v) is 2.71. The molecule has 4 nitrogen and oxygen atoms in total. The summed E-state index contributed by atoms with van der Waals surface area (Å²) < 4.78 is 10.8. The van der Waals surface area contributed by atoms with Crippen molar-refractivity contribution < 1.29 is 13.9 Å². The van der Waals surface area contributed by atoms with E-state index in [9.17, 15) is 4.79 Å². The van der Waals surface area contributed by atoms with E-state index in [1.54, 1.807) is 23.5 Å². The van der Waals surface area contributed by atoms with E-state index in [1.165, 1.54) is 5.56 Å². The molecule has 1 amide bonds. The van der Waals surface area contributed by atoms with Crippen molar-refractivity contribution in [2.24, 2.45) is 0 Å². The van der Waals surface area contributed by atoms with Crippen LogP contribution < -0.4 is 4.90 Å². The van der Waals surface area contributed by atoms with Gasteiger partial charge in [-0.1, -0.05) is 43.7 Å². The number of nitrogens with zero attached hydrogens (tertiary/aromatic N) is 1. The highest BCUT2D eigenvalue weighted by Gasteiger charge is 2.30. The van der Waals surface area contributed by atoms with Crippen molar-refractivity contribution in [2.45, 2.75) is 58.6 Å². The first-order chi connectivity index (χ1) is 11.4. The molecule has 1 heterocycles. The van der Waals surface area contributed by atoms with Crippen LogP contribution in [0.25, 0.3) is 0 Å². The van der Waals surface area contributed by atoms with Gasteiger partial charge in [0.2, 0.25) is 0 Å². The molecule has 0 radical (unpaired) electrons. The minimum Gasteiger partial charge on any atom is -0.470 e. The van der Waals surface area contributed by atoms with Crippen molar-refractivity contribution in [3.63, 3.8) is 0 Å². The molecule has 1 atom stereocenters. The smallest absolute Gasteiger partial charge is 0.415 e. The highest BCUT2D eigenvalue weighted by atomic mass is 16.6. The third-order valence-corrected chi connectivity index (χ3v) is 3.68. The number of benzene rings is 1. The summed E-state index contributed by atoms with van der Waals surface area (Å²) >= 11 is 0. The lowest BCUT2D eigenvalue weighted by Crippen LogP contribution is -2.44. The van der Waals surface area contributed by atoms with Crippen LogP contribution in [0.3, 0.4) is 0 Å². The molecule has 0 fully saturated rings. The molecule has 24 heavy (non-hydrogen) atoms. The van der Waals surface area contributed by atoms with E-state index < -0.39 is 5.60 Å². The van der Waals surface area contributed by atoms with Crippen LogP contribution in [-0.4, -0.2) is 17.7 Å². The van der Waals surface area contributed by atoms with Crippen molar-refractivity contribution >= 4 is 11.8 Å². The van der Waals surface area contributed by atoms with Gasteiger partial charge < -0.3 is 9.15 Å². The number of amides is 1. The number of hydrogen-bond donors (Lipinski definition) is 0. The van der Waals surface area contributed by atoms with Crippen molar-refractivity contribution in [3.05, 3.63) is 54.5 Å². The highest BCUT2D eigenvalue weighted by molar-refractivity contribution is 5.88. The summed E-state index contributed by atoms with van der Waals surface area (Å²) in [7, 11) is 0. The van der Waals surface area contributed by atoms with Crippen LogP contribution in [0.5, 0.6) is 0 Å². The molecule has 130 valence electrons. The number of carbonyl (C=O) groups is 1. The standard InChI is InChI=1S/C20H27NO3/c1-5-9-17(14-16-10-7-6-8-11-16)21(18-12-13-23-15-18)19(22)24-20(2,3)4/h6-8,10-13,15,17H,5,9,14H2,1-4H3. The van der Waals surface area contributed by atoms with Crippen molar-refractivity contribution in [1.29, 1.82) is 0 Å². The van der Waals surface area contributed by atoms with E-state index >= 15 is 0 Å². The van der Waals surface area contributed by atoms with Gasteiger partial charge in [0.15, 0.2) is 0 Å². The maximum absolute atomic E-state index is 12.8. The Hall–Kier alpha value is -2.23. The predicted octanol–water partition coefficient (Wildman–Crippen LogP) is 5.43. The maximum atomic E-state index is 12.8. The second-order valence-electron chi connectivity index (χ2n) is 6.96. The summed E-state index contributed by atoms with van der Waals surface area (Å²) in [5, 5.41) is 0. The second-order valence-corrected chi connectivity index (χ2v) is 6.96. The van der Waals surface area contributed by atoms with Crippen LogP contribution in [0.4, 0.5) is 10.5 Å². The number of ether oxygens (including phenoxy) is 1. The van der Waals surface area contributed by atoms with Crippen LogP contribution >= 0.6 is 0 Å². The normalized spacial score (nSPS) is 12.7. The Balaban J connectivity index is 2.29. The van der Waals surface area contributed by atoms with Gasteiger partial charge >= 0.3 is 6.09 Å². The molecule has 0 N–H and O–H groups in total. The van der Waals surface area contributed by atoms with Crippen molar-refractivity contribution in [1.82, 2.24) is 0 Å². The minimum absolute atomic E-state index is 0.0184. The van der Waals surface area contributed by atoms with E-state index in [-0.39, 0.29) is 12.1 Å². The molecule has 1 aromatic heterocycles. The molecule has 1 aromatic carbocycles. The zero-order valence-electron chi connectivity index (χ0n) is 15.0. The van der Waals surface area contributed by atoms with Crippen LogP contribution in [0.1, 0.15) is 46.1 Å². The molecular formula is C20H27NO3. The van der Waals surface area contributed by atoms with E-state index in [0.717, 1.165) is 24.9 Å². The first kappa shape index (κ1) is 18.1. The summed E-state index contributed by atoms with van der Waals surface area (Å²) in [5.41, 5.74) is 1.40. The molecule has 0 spiro atoms. The number of carbonyl (C=O) groups excluding carboxylic acids is 1. The Morgan fingerprint density at radius 2 is 1.92 bits per heavy atom. The van der Waals surface area contributed by atoms with E-state index in [0.29, 0.717) is 0 Å². The minimum atomic E-state index is -0.539. The van der Waals surface area contributed by atoms with E-state index in [4.69, 9.17) is 9.15 Å². The fourth-order valence-electron chi connectivity index (χ4n) is 2.71. The first-order valence-electron chi connectivity index (χ1n) is 8.49. The van der Waals surface area contributed by atoms with Crippen LogP contribution in [0.15, 0.2) is 53.3 Å². The zero-order chi connectivity index (χ0) is 17.6.